The zero-order valence-electron chi connectivity index (χ0n) is 28.8. The van der Waals surface area contributed by atoms with Crippen molar-refractivity contribution >= 4 is 46.8 Å². The summed E-state index contributed by atoms with van der Waals surface area (Å²) < 4.78 is 22.3. The highest BCUT2D eigenvalue weighted by Crippen LogP contribution is 2.34. The lowest BCUT2D eigenvalue weighted by atomic mass is 9.97. The Morgan fingerprint density at radius 3 is 2.29 bits per heavy atom. The second-order valence-corrected chi connectivity index (χ2v) is 14.5. The molecule has 2 amide bonds. The van der Waals surface area contributed by atoms with Crippen LogP contribution in [0, 0.1) is 12.8 Å². The van der Waals surface area contributed by atoms with E-state index in [0.717, 1.165) is 48.1 Å². The van der Waals surface area contributed by atoms with E-state index >= 15 is 0 Å². The predicted molar refractivity (Wildman–Crippen MR) is 193 cm³/mol. The van der Waals surface area contributed by atoms with Crippen molar-refractivity contribution in [2.75, 3.05) is 33.5 Å². The van der Waals surface area contributed by atoms with E-state index in [4.69, 9.17) is 53.8 Å². The van der Waals surface area contributed by atoms with E-state index in [1.807, 2.05) is 42.2 Å². The van der Waals surface area contributed by atoms with Crippen molar-refractivity contribution in [3.63, 3.8) is 0 Å². The number of hydrogen-bond donors (Lipinski definition) is 1. The summed E-state index contributed by atoms with van der Waals surface area (Å²) in [6.45, 7) is 8.96. The highest BCUT2D eigenvalue weighted by atomic mass is 35.5. The molecular formula is C37H46Cl3N3O6. The maximum absolute atomic E-state index is 14.3. The molecule has 1 heterocycles. The number of aromatic nitrogens is 1. The average Bonchev–Trinajstić information content (AvgIpc) is 3.87. The Kier molecular flexibility index (Phi) is 14.3. The maximum atomic E-state index is 14.3. The fourth-order valence-electron chi connectivity index (χ4n) is 5.28. The Balaban J connectivity index is 1.43. The highest BCUT2D eigenvalue weighted by molar-refractivity contribution is 6.37. The average molecular weight is 735 g/mol. The summed E-state index contributed by atoms with van der Waals surface area (Å²) in [5, 5.41) is 4.24. The Morgan fingerprint density at radius 1 is 0.980 bits per heavy atom. The highest BCUT2D eigenvalue weighted by Gasteiger charge is 2.36. The van der Waals surface area contributed by atoms with E-state index in [9.17, 15) is 9.59 Å². The van der Waals surface area contributed by atoms with Gasteiger partial charge in [0, 0.05) is 44.7 Å². The van der Waals surface area contributed by atoms with Crippen molar-refractivity contribution in [3.8, 4) is 11.5 Å². The van der Waals surface area contributed by atoms with E-state index in [1.54, 1.807) is 46.2 Å². The molecule has 2 aromatic carbocycles. The minimum absolute atomic E-state index is 0.0572. The van der Waals surface area contributed by atoms with Crippen LogP contribution in [0.4, 0.5) is 4.79 Å². The number of pyridine rings is 1. The van der Waals surface area contributed by atoms with Crippen LogP contribution in [0.2, 0.25) is 15.1 Å². The van der Waals surface area contributed by atoms with Crippen LogP contribution in [0.5, 0.6) is 11.5 Å². The van der Waals surface area contributed by atoms with E-state index in [-0.39, 0.29) is 31.7 Å². The van der Waals surface area contributed by atoms with E-state index in [2.05, 4.69) is 10.3 Å². The van der Waals surface area contributed by atoms with Gasteiger partial charge in [-0.25, -0.2) is 4.79 Å². The number of alkyl carbamates (subject to hydrolysis) is 1. The molecule has 9 nitrogen and oxygen atoms in total. The quantitative estimate of drug-likeness (QED) is 0.140. The molecule has 1 atom stereocenters. The molecule has 1 aromatic heterocycles. The predicted octanol–water partition coefficient (Wildman–Crippen LogP) is 8.26. The minimum Gasteiger partial charge on any atom is -0.490 e. The fourth-order valence-corrected chi connectivity index (χ4v) is 6.15. The summed E-state index contributed by atoms with van der Waals surface area (Å²) in [5.74, 6) is 0.478. The molecule has 12 heteroatoms. The summed E-state index contributed by atoms with van der Waals surface area (Å²) in [6, 6.07) is 13.2. The van der Waals surface area contributed by atoms with Crippen LogP contribution >= 0.6 is 34.8 Å². The number of hydrogen-bond acceptors (Lipinski definition) is 7. The van der Waals surface area contributed by atoms with Gasteiger partial charge < -0.3 is 29.2 Å². The molecule has 266 valence electrons. The van der Waals surface area contributed by atoms with Crippen molar-refractivity contribution in [1.29, 1.82) is 0 Å². The SMILES string of the molecule is COCCCc1cc(CN(C(=O)C(CNC(=O)OC(C)(C)C)Cc2ccc(OCCOc3c(Cl)cc(C)cc3Cl)cc2)C2CC2)c(Cl)cn1. The van der Waals surface area contributed by atoms with Crippen LogP contribution in [0.15, 0.2) is 48.7 Å². The standard InChI is InChI=1S/C37H46Cl3N3O6/c1-24-17-31(38)34(32(39)18-24)48-16-15-47-30-12-8-25(9-13-30)19-26(21-42-36(45)49-37(2,3)4)35(44)43(29-10-11-29)23-27-20-28(7-6-14-46-5)41-22-33(27)40/h8-9,12-13,17-18,20,22,26,29H,6-7,10-11,14-16,19,21,23H2,1-5H3,(H,42,45). The summed E-state index contributed by atoms with van der Waals surface area (Å²) in [6.07, 6.45) is 4.90. The molecule has 49 heavy (non-hydrogen) atoms. The minimum atomic E-state index is -0.664. The van der Waals surface area contributed by atoms with Crippen LogP contribution in [-0.4, -0.2) is 67.0 Å². The lowest BCUT2D eigenvalue weighted by molar-refractivity contribution is -0.136. The van der Waals surface area contributed by atoms with Crippen LogP contribution < -0.4 is 14.8 Å². The number of benzene rings is 2. The summed E-state index contributed by atoms with van der Waals surface area (Å²) in [4.78, 5) is 33.2. The Bertz CT molecular complexity index is 1540. The number of halogens is 3. The summed E-state index contributed by atoms with van der Waals surface area (Å²) in [5.41, 5.74) is 2.95. The van der Waals surface area contributed by atoms with Crippen molar-refractivity contribution in [2.45, 2.75) is 78.0 Å². The van der Waals surface area contributed by atoms with Gasteiger partial charge in [0.1, 0.15) is 24.6 Å². The van der Waals surface area contributed by atoms with Gasteiger partial charge in [0.2, 0.25) is 5.91 Å². The number of aryl methyl sites for hydroxylation is 2. The molecule has 1 aliphatic carbocycles. The number of ether oxygens (including phenoxy) is 4. The smallest absolute Gasteiger partial charge is 0.407 e. The molecule has 4 rings (SSSR count). The Morgan fingerprint density at radius 2 is 1.65 bits per heavy atom. The molecule has 1 unspecified atom stereocenters. The van der Waals surface area contributed by atoms with Crippen molar-refractivity contribution in [1.82, 2.24) is 15.2 Å². The monoisotopic (exact) mass is 733 g/mol. The van der Waals surface area contributed by atoms with Gasteiger partial charge in [-0.05, 0) is 107 Å². The van der Waals surface area contributed by atoms with Gasteiger partial charge in [-0.15, -0.1) is 0 Å². The van der Waals surface area contributed by atoms with Crippen LogP contribution in [0.1, 0.15) is 62.4 Å². The van der Waals surface area contributed by atoms with Crippen molar-refractivity contribution in [2.24, 2.45) is 5.92 Å². The number of methoxy groups -OCH3 is 1. The first-order valence-corrected chi connectivity index (χ1v) is 17.7. The number of carbonyl (C=O) groups is 2. The van der Waals surface area contributed by atoms with Crippen LogP contribution in [0.3, 0.4) is 0 Å². The molecule has 3 aromatic rings. The normalized spacial score (nSPS) is 13.5. The molecule has 0 aliphatic heterocycles. The Hall–Kier alpha value is -3.24. The lowest BCUT2D eigenvalue weighted by Gasteiger charge is -2.29. The first kappa shape index (κ1) is 38.6. The zero-order chi connectivity index (χ0) is 35.6. The van der Waals surface area contributed by atoms with E-state index in [1.165, 1.54) is 0 Å². The summed E-state index contributed by atoms with van der Waals surface area (Å²) in [7, 11) is 1.67. The van der Waals surface area contributed by atoms with Gasteiger partial charge >= 0.3 is 6.09 Å². The molecule has 0 spiro atoms. The number of nitrogens with zero attached hydrogens (tertiary/aromatic N) is 2. The second kappa shape index (κ2) is 18.1. The fraction of sp³-hybridized carbons (Fsp3) is 0.486. The third kappa shape index (κ3) is 12.5. The van der Waals surface area contributed by atoms with Gasteiger partial charge in [0.05, 0.1) is 21.0 Å². The molecule has 1 N–H and O–H groups in total. The molecule has 1 saturated carbocycles. The zero-order valence-corrected chi connectivity index (χ0v) is 31.1. The Labute approximate surface area is 304 Å². The van der Waals surface area contributed by atoms with Gasteiger partial charge in [0.15, 0.2) is 5.75 Å². The largest absolute Gasteiger partial charge is 0.490 e. The lowest BCUT2D eigenvalue weighted by Crippen LogP contribution is -2.44. The molecule has 1 fully saturated rings. The molecule has 0 radical (unpaired) electrons. The number of carbonyl (C=O) groups excluding carboxylic acids is 2. The molecule has 0 saturated heterocycles. The third-order valence-corrected chi connectivity index (χ3v) is 8.67. The van der Waals surface area contributed by atoms with Crippen LogP contribution in [0.25, 0.3) is 0 Å². The van der Waals surface area contributed by atoms with E-state index in [0.29, 0.717) is 46.1 Å². The molecule has 1 aliphatic rings. The van der Waals surface area contributed by atoms with E-state index < -0.39 is 17.6 Å². The molecular weight excluding hydrogens is 689 g/mol. The van der Waals surface area contributed by atoms with Crippen LogP contribution in [-0.2, 0) is 33.7 Å². The first-order valence-electron chi connectivity index (χ1n) is 16.5. The number of amides is 2. The number of rotatable bonds is 17. The third-order valence-electron chi connectivity index (χ3n) is 7.77. The van der Waals surface area contributed by atoms with Gasteiger partial charge in [-0.1, -0.05) is 46.9 Å². The summed E-state index contributed by atoms with van der Waals surface area (Å²) >= 11 is 19.1. The second-order valence-electron chi connectivity index (χ2n) is 13.2. The maximum Gasteiger partial charge on any atom is 0.407 e. The topological polar surface area (TPSA) is 99.2 Å². The van der Waals surface area contributed by atoms with Crippen molar-refractivity contribution in [3.05, 3.63) is 86.1 Å². The van der Waals surface area contributed by atoms with Crippen molar-refractivity contribution < 1.29 is 28.5 Å². The molecule has 0 bridgehead atoms. The first-order chi connectivity index (χ1) is 23.3. The van der Waals surface area contributed by atoms with Gasteiger partial charge in [-0.3, -0.25) is 9.78 Å². The van der Waals surface area contributed by atoms with Gasteiger partial charge in [0.25, 0.3) is 0 Å². The van der Waals surface area contributed by atoms with Gasteiger partial charge in [-0.2, -0.15) is 0 Å². The number of nitrogens with one attached hydrogen (secondary N) is 1.